The van der Waals surface area contributed by atoms with Crippen molar-refractivity contribution < 1.29 is 8.42 Å². The third-order valence-corrected chi connectivity index (χ3v) is 4.69. The van der Waals surface area contributed by atoms with E-state index in [9.17, 15) is 8.42 Å². The van der Waals surface area contributed by atoms with Crippen LogP contribution in [0.5, 0.6) is 0 Å². The number of hydrogen-bond acceptors (Lipinski definition) is 4. The lowest BCUT2D eigenvalue weighted by Crippen LogP contribution is -2.13. The summed E-state index contributed by atoms with van der Waals surface area (Å²) in [5.41, 5.74) is 7.13. The number of nitrogens with two attached hydrogens (primary N) is 1. The summed E-state index contributed by atoms with van der Waals surface area (Å²) < 4.78 is 27.1. The zero-order chi connectivity index (χ0) is 15.6. The Labute approximate surface area is 128 Å². The lowest BCUT2D eigenvalue weighted by atomic mass is 10.2. The predicted octanol–water partition coefficient (Wildman–Crippen LogP) is 2.90. The average molecular weight is 322 g/mol. The van der Waals surface area contributed by atoms with E-state index in [0.29, 0.717) is 21.8 Å². The maximum absolute atomic E-state index is 12.3. The molecule has 2 aromatic carbocycles. The molecule has 0 spiro atoms. The van der Waals surface area contributed by atoms with Crippen molar-refractivity contribution in [2.24, 2.45) is 0 Å². The molecule has 0 aliphatic carbocycles. The highest BCUT2D eigenvalue weighted by molar-refractivity contribution is 7.92. The van der Waals surface area contributed by atoms with Crippen LogP contribution in [-0.4, -0.2) is 8.42 Å². The van der Waals surface area contributed by atoms with Gasteiger partial charge in [0.1, 0.15) is 0 Å². The van der Waals surface area contributed by atoms with Crippen LogP contribution in [0.1, 0.15) is 11.1 Å². The van der Waals surface area contributed by atoms with Crippen molar-refractivity contribution >= 4 is 33.0 Å². The van der Waals surface area contributed by atoms with E-state index in [-0.39, 0.29) is 10.6 Å². The highest BCUT2D eigenvalue weighted by Gasteiger charge is 2.17. The van der Waals surface area contributed by atoms with Crippen molar-refractivity contribution in [3.63, 3.8) is 0 Å². The van der Waals surface area contributed by atoms with Crippen molar-refractivity contribution in [2.45, 2.75) is 11.8 Å². The summed E-state index contributed by atoms with van der Waals surface area (Å²) >= 11 is 5.92. The number of nitrogens with zero attached hydrogens (tertiary/aromatic N) is 1. The van der Waals surface area contributed by atoms with Gasteiger partial charge in [-0.2, -0.15) is 5.26 Å². The highest BCUT2D eigenvalue weighted by Crippen LogP contribution is 2.27. The van der Waals surface area contributed by atoms with Gasteiger partial charge in [0, 0.05) is 0 Å². The molecule has 0 atom stereocenters. The van der Waals surface area contributed by atoms with Gasteiger partial charge in [0.15, 0.2) is 0 Å². The normalized spacial score (nSPS) is 10.9. The van der Waals surface area contributed by atoms with E-state index < -0.39 is 10.0 Å². The van der Waals surface area contributed by atoms with Crippen molar-refractivity contribution in [1.82, 2.24) is 0 Å². The Morgan fingerprint density at radius 3 is 2.62 bits per heavy atom. The number of aryl methyl sites for hydroxylation is 1. The van der Waals surface area contributed by atoms with Gasteiger partial charge in [-0.1, -0.05) is 17.7 Å². The van der Waals surface area contributed by atoms with Gasteiger partial charge in [0.05, 0.1) is 32.9 Å². The number of anilines is 2. The molecule has 3 N–H and O–H groups in total. The molecular weight excluding hydrogens is 310 g/mol. The maximum Gasteiger partial charge on any atom is 0.261 e. The number of nitrogens with one attached hydrogen (secondary N) is 1. The van der Waals surface area contributed by atoms with Gasteiger partial charge in [-0.15, -0.1) is 0 Å². The molecule has 7 heteroatoms. The molecule has 21 heavy (non-hydrogen) atoms. The van der Waals surface area contributed by atoms with Crippen LogP contribution < -0.4 is 10.5 Å². The van der Waals surface area contributed by atoms with E-state index in [1.807, 2.05) is 6.07 Å². The number of halogens is 1. The Morgan fingerprint density at radius 2 is 2.00 bits per heavy atom. The quantitative estimate of drug-likeness (QED) is 0.849. The summed E-state index contributed by atoms with van der Waals surface area (Å²) in [5.74, 6) is 0. The fourth-order valence-electron chi connectivity index (χ4n) is 1.78. The van der Waals surface area contributed by atoms with Gasteiger partial charge < -0.3 is 5.73 Å². The first-order valence-corrected chi connectivity index (χ1v) is 7.78. The molecule has 0 aromatic heterocycles. The molecular formula is C14H12ClN3O2S. The molecule has 0 saturated heterocycles. The van der Waals surface area contributed by atoms with Gasteiger partial charge in [-0.05, 0) is 42.8 Å². The molecule has 2 aromatic rings. The Kier molecular flexibility index (Phi) is 4.07. The van der Waals surface area contributed by atoms with Crippen molar-refractivity contribution in [3.05, 3.63) is 52.5 Å². The van der Waals surface area contributed by atoms with Crippen LogP contribution >= 0.6 is 11.6 Å². The first-order chi connectivity index (χ1) is 9.83. The Balaban J connectivity index is 2.41. The molecule has 0 fully saturated rings. The van der Waals surface area contributed by atoms with E-state index in [1.54, 1.807) is 25.1 Å². The molecule has 0 aliphatic rings. The lowest BCUT2D eigenvalue weighted by molar-refractivity contribution is 0.601. The van der Waals surface area contributed by atoms with Crippen molar-refractivity contribution in [3.8, 4) is 6.07 Å². The summed E-state index contributed by atoms with van der Waals surface area (Å²) in [4.78, 5) is 0.0178. The molecule has 0 amide bonds. The van der Waals surface area contributed by atoms with Crippen molar-refractivity contribution in [2.75, 3.05) is 10.5 Å². The van der Waals surface area contributed by atoms with E-state index in [1.165, 1.54) is 18.2 Å². The second kappa shape index (κ2) is 5.64. The number of nitrogen functional groups attached to an aromatic ring is 1. The number of benzene rings is 2. The van der Waals surface area contributed by atoms with Crippen LogP contribution in [0.15, 0.2) is 41.3 Å². The van der Waals surface area contributed by atoms with E-state index >= 15 is 0 Å². The molecule has 0 heterocycles. The Bertz CT molecular complexity index is 819. The fourth-order valence-corrected chi connectivity index (χ4v) is 3.06. The number of sulfonamides is 1. The molecule has 0 aliphatic heterocycles. The van der Waals surface area contributed by atoms with Crippen LogP contribution in [-0.2, 0) is 10.0 Å². The third-order valence-electron chi connectivity index (χ3n) is 2.81. The summed E-state index contributed by atoms with van der Waals surface area (Å²) in [6.45, 7) is 1.67. The SMILES string of the molecule is Cc1cc(S(=O)(=O)Nc2cccc(C#N)c2)cc(N)c1Cl. The van der Waals surface area contributed by atoms with Crippen LogP contribution in [0.3, 0.4) is 0 Å². The number of hydrogen-bond donors (Lipinski definition) is 2. The van der Waals surface area contributed by atoms with Crippen LogP contribution in [0, 0.1) is 18.3 Å². The van der Waals surface area contributed by atoms with E-state index in [2.05, 4.69) is 4.72 Å². The minimum absolute atomic E-state index is 0.0178. The predicted molar refractivity (Wildman–Crippen MR) is 82.6 cm³/mol. The molecule has 0 bridgehead atoms. The highest BCUT2D eigenvalue weighted by atomic mass is 35.5. The number of nitriles is 1. The van der Waals surface area contributed by atoms with Gasteiger partial charge in [0.25, 0.3) is 10.0 Å². The number of rotatable bonds is 3. The Hall–Kier alpha value is -2.23. The molecule has 0 radical (unpaired) electrons. The van der Waals surface area contributed by atoms with Gasteiger partial charge >= 0.3 is 0 Å². The summed E-state index contributed by atoms with van der Waals surface area (Å²) in [5, 5.41) is 9.16. The minimum atomic E-state index is -3.80. The third kappa shape index (κ3) is 3.27. The average Bonchev–Trinajstić information content (AvgIpc) is 2.44. The minimum Gasteiger partial charge on any atom is -0.397 e. The van der Waals surface area contributed by atoms with Crippen molar-refractivity contribution in [1.29, 1.82) is 5.26 Å². The molecule has 0 saturated carbocycles. The van der Waals surface area contributed by atoms with E-state index in [0.717, 1.165) is 0 Å². The first kappa shape index (κ1) is 15.2. The molecule has 2 rings (SSSR count). The topological polar surface area (TPSA) is 96.0 Å². The monoisotopic (exact) mass is 321 g/mol. The van der Waals surface area contributed by atoms with E-state index in [4.69, 9.17) is 22.6 Å². The van der Waals surface area contributed by atoms with Crippen LogP contribution in [0.2, 0.25) is 5.02 Å². The Morgan fingerprint density at radius 1 is 1.29 bits per heavy atom. The van der Waals surface area contributed by atoms with Crippen LogP contribution in [0.4, 0.5) is 11.4 Å². The molecule has 5 nitrogen and oxygen atoms in total. The van der Waals surface area contributed by atoms with Gasteiger partial charge in [0.2, 0.25) is 0 Å². The lowest BCUT2D eigenvalue weighted by Gasteiger charge is -2.11. The zero-order valence-electron chi connectivity index (χ0n) is 11.1. The second-order valence-electron chi connectivity index (χ2n) is 4.44. The summed E-state index contributed by atoms with van der Waals surface area (Å²) in [6, 6.07) is 10.9. The summed E-state index contributed by atoms with van der Waals surface area (Å²) in [6.07, 6.45) is 0. The molecule has 108 valence electrons. The first-order valence-electron chi connectivity index (χ1n) is 5.92. The standard InChI is InChI=1S/C14H12ClN3O2S/c1-9-5-12(7-13(17)14(9)15)21(19,20)18-11-4-2-3-10(6-11)8-16/h2-7,18H,17H2,1H3. The molecule has 0 unspecified atom stereocenters. The maximum atomic E-state index is 12.3. The fraction of sp³-hybridized carbons (Fsp3) is 0.0714. The second-order valence-corrected chi connectivity index (χ2v) is 6.50. The largest absolute Gasteiger partial charge is 0.397 e. The van der Waals surface area contributed by atoms with Gasteiger partial charge in [-0.3, -0.25) is 4.72 Å². The van der Waals surface area contributed by atoms with Gasteiger partial charge in [-0.25, -0.2) is 8.42 Å². The van der Waals surface area contributed by atoms with Crippen LogP contribution in [0.25, 0.3) is 0 Å². The summed E-state index contributed by atoms with van der Waals surface area (Å²) in [7, 11) is -3.80. The smallest absolute Gasteiger partial charge is 0.261 e. The zero-order valence-corrected chi connectivity index (χ0v) is 12.7.